The highest BCUT2D eigenvalue weighted by atomic mass is 16.3. The molecule has 0 radical (unpaired) electrons. The summed E-state index contributed by atoms with van der Waals surface area (Å²) in [6.45, 7) is 2.24. The summed E-state index contributed by atoms with van der Waals surface area (Å²) in [4.78, 5) is 6.39. The van der Waals surface area contributed by atoms with Gasteiger partial charge in [0.05, 0.1) is 6.10 Å². The van der Waals surface area contributed by atoms with E-state index in [0.29, 0.717) is 13.1 Å². The second-order valence-corrected chi connectivity index (χ2v) is 4.04. The highest BCUT2D eigenvalue weighted by Gasteiger charge is 2.06. The molecule has 90 valence electrons. The van der Waals surface area contributed by atoms with Crippen LogP contribution in [-0.4, -0.2) is 54.8 Å². The lowest BCUT2D eigenvalue weighted by Crippen LogP contribution is -2.36. The van der Waals surface area contributed by atoms with Gasteiger partial charge in [-0.2, -0.15) is 0 Å². The first-order valence-electron chi connectivity index (χ1n) is 5.63. The fourth-order valence-corrected chi connectivity index (χ4v) is 1.60. The fraction of sp³-hybridized carbons (Fsp3) is 0.583. The monoisotopic (exact) mass is 223 g/mol. The van der Waals surface area contributed by atoms with E-state index in [1.807, 2.05) is 38.5 Å². The summed E-state index contributed by atoms with van der Waals surface area (Å²) in [5.74, 6) is 0. The Labute approximate surface area is 97.3 Å². The number of aliphatic hydroxyl groups excluding tert-OH is 1. The van der Waals surface area contributed by atoms with Crippen molar-refractivity contribution >= 4 is 0 Å². The van der Waals surface area contributed by atoms with Crippen molar-refractivity contribution in [3.63, 3.8) is 0 Å². The average Bonchev–Trinajstić information content (AvgIpc) is 2.28. The Morgan fingerprint density at radius 2 is 2.31 bits per heavy atom. The Morgan fingerprint density at radius 1 is 1.50 bits per heavy atom. The van der Waals surface area contributed by atoms with Gasteiger partial charge >= 0.3 is 0 Å². The minimum Gasteiger partial charge on any atom is -0.390 e. The van der Waals surface area contributed by atoms with Gasteiger partial charge in [0.25, 0.3) is 0 Å². The summed E-state index contributed by atoms with van der Waals surface area (Å²) in [6.07, 6.45) is 2.42. The Bertz CT molecular complexity index is 279. The molecule has 0 bridgehead atoms. The molecule has 1 heterocycles. The molecule has 1 unspecified atom stereocenters. The number of rotatable bonds is 7. The van der Waals surface area contributed by atoms with Gasteiger partial charge in [0, 0.05) is 37.9 Å². The largest absolute Gasteiger partial charge is 0.390 e. The summed E-state index contributed by atoms with van der Waals surface area (Å²) in [5.41, 5.74) is 1.09. The number of hydrogen-bond acceptors (Lipinski definition) is 4. The Balaban J connectivity index is 2.22. The van der Waals surface area contributed by atoms with Crippen LogP contribution in [0.4, 0.5) is 0 Å². The molecule has 4 nitrogen and oxygen atoms in total. The van der Waals surface area contributed by atoms with Crippen molar-refractivity contribution in [1.29, 1.82) is 0 Å². The van der Waals surface area contributed by atoms with Gasteiger partial charge in [-0.05, 0) is 26.2 Å². The first kappa shape index (κ1) is 13.1. The number of pyridine rings is 1. The lowest BCUT2D eigenvalue weighted by Gasteiger charge is -2.20. The zero-order valence-electron chi connectivity index (χ0n) is 10.1. The minimum atomic E-state index is -0.307. The molecule has 2 N–H and O–H groups in total. The van der Waals surface area contributed by atoms with E-state index in [0.717, 1.165) is 18.7 Å². The predicted octanol–water partition coefficient (Wildman–Crippen LogP) is 0.136. The normalized spacial score (nSPS) is 13.0. The number of aromatic nitrogens is 1. The third-order valence-electron chi connectivity index (χ3n) is 2.44. The number of hydrogen-bond donors (Lipinski definition) is 2. The van der Waals surface area contributed by atoms with Crippen LogP contribution in [0.5, 0.6) is 0 Å². The third kappa shape index (κ3) is 5.21. The lowest BCUT2D eigenvalue weighted by atomic mass is 10.2. The minimum absolute atomic E-state index is 0.307. The first-order chi connectivity index (χ1) is 7.72. The van der Waals surface area contributed by atoms with E-state index in [1.165, 1.54) is 0 Å². The van der Waals surface area contributed by atoms with Gasteiger partial charge in [0.1, 0.15) is 0 Å². The molecule has 1 rings (SSSR count). The molecule has 0 amide bonds. The highest BCUT2D eigenvalue weighted by molar-refractivity contribution is 5.03. The smallest absolute Gasteiger partial charge is 0.0791 e. The lowest BCUT2D eigenvalue weighted by molar-refractivity contribution is 0.126. The zero-order valence-corrected chi connectivity index (χ0v) is 10.1. The van der Waals surface area contributed by atoms with Gasteiger partial charge in [-0.25, -0.2) is 0 Å². The van der Waals surface area contributed by atoms with Crippen LogP contribution < -0.4 is 5.32 Å². The average molecular weight is 223 g/mol. The third-order valence-corrected chi connectivity index (χ3v) is 2.44. The maximum absolute atomic E-state index is 9.60. The van der Waals surface area contributed by atoms with Gasteiger partial charge in [0.2, 0.25) is 0 Å². The molecule has 1 aromatic heterocycles. The van der Waals surface area contributed by atoms with Crippen molar-refractivity contribution in [3.05, 3.63) is 30.1 Å². The molecular weight excluding hydrogens is 202 g/mol. The van der Waals surface area contributed by atoms with Crippen molar-refractivity contribution in [1.82, 2.24) is 15.2 Å². The van der Waals surface area contributed by atoms with Gasteiger partial charge in [-0.3, -0.25) is 4.98 Å². The number of likely N-dealkylation sites (N-methyl/N-ethyl adjacent to an activating group) is 2. The first-order valence-corrected chi connectivity index (χ1v) is 5.63. The van der Waals surface area contributed by atoms with E-state index >= 15 is 0 Å². The molecule has 0 saturated carbocycles. The topological polar surface area (TPSA) is 48.4 Å². The van der Waals surface area contributed by atoms with Crippen LogP contribution in [-0.2, 0) is 6.42 Å². The van der Waals surface area contributed by atoms with Crippen LogP contribution in [0.25, 0.3) is 0 Å². The van der Waals surface area contributed by atoms with Crippen LogP contribution in [0.15, 0.2) is 24.4 Å². The van der Waals surface area contributed by atoms with E-state index in [4.69, 9.17) is 0 Å². The quantitative estimate of drug-likeness (QED) is 0.690. The second kappa shape index (κ2) is 7.33. The molecule has 0 fully saturated rings. The summed E-state index contributed by atoms with van der Waals surface area (Å²) >= 11 is 0. The van der Waals surface area contributed by atoms with Gasteiger partial charge in [-0.15, -0.1) is 0 Å². The van der Waals surface area contributed by atoms with Crippen molar-refractivity contribution < 1.29 is 5.11 Å². The molecular formula is C12H21N3O. The van der Waals surface area contributed by atoms with Gasteiger partial charge < -0.3 is 15.3 Å². The molecule has 0 saturated heterocycles. The fourth-order valence-electron chi connectivity index (χ4n) is 1.60. The maximum atomic E-state index is 9.60. The van der Waals surface area contributed by atoms with Crippen molar-refractivity contribution in [2.45, 2.75) is 12.5 Å². The zero-order chi connectivity index (χ0) is 11.8. The molecule has 0 aromatic carbocycles. The Hall–Kier alpha value is -0.970. The highest BCUT2D eigenvalue weighted by Crippen LogP contribution is 1.97. The van der Waals surface area contributed by atoms with E-state index < -0.39 is 0 Å². The standard InChI is InChI=1S/C12H21N3O/c1-13-9-12(16)10-15(2)8-6-11-5-3-4-7-14-11/h3-5,7,12-13,16H,6,8-10H2,1-2H3. The molecule has 4 heteroatoms. The van der Waals surface area contributed by atoms with Crippen LogP contribution in [0.1, 0.15) is 5.69 Å². The maximum Gasteiger partial charge on any atom is 0.0791 e. The number of nitrogens with zero attached hydrogens (tertiary/aromatic N) is 2. The summed E-state index contributed by atoms with van der Waals surface area (Å²) in [7, 11) is 3.86. The number of nitrogens with one attached hydrogen (secondary N) is 1. The molecule has 1 aromatic rings. The van der Waals surface area contributed by atoms with Crippen molar-refractivity contribution in [2.75, 3.05) is 33.7 Å². The molecule has 0 aliphatic rings. The molecule has 0 aliphatic heterocycles. The van der Waals surface area contributed by atoms with E-state index in [2.05, 4.69) is 15.2 Å². The van der Waals surface area contributed by atoms with Crippen molar-refractivity contribution in [3.8, 4) is 0 Å². The summed E-state index contributed by atoms with van der Waals surface area (Å²) in [6, 6.07) is 5.94. The van der Waals surface area contributed by atoms with E-state index in [9.17, 15) is 5.11 Å². The summed E-state index contributed by atoms with van der Waals surface area (Å²) in [5, 5.41) is 12.6. The van der Waals surface area contributed by atoms with E-state index in [1.54, 1.807) is 0 Å². The van der Waals surface area contributed by atoms with Crippen LogP contribution in [0.3, 0.4) is 0 Å². The molecule has 16 heavy (non-hydrogen) atoms. The molecule has 0 spiro atoms. The molecule has 1 atom stereocenters. The second-order valence-electron chi connectivity index (χ2n) is 4.04. The Kier molecular flexibility index (Phi) is 6.00. The van der Waals surface area contributed by atoms with E-state index in [-0.39, 0.29) is 6.10 Å². The Morgan fingerprint density at radius 3 is 2.94 bits per heavy atom. The summed E-state index contributed by atoms with van der Waals surface area (Å²) < 4.78 is 0. The van der Waals surface area contributed by atoms with Gasteiger partial charge in [-0.1, -0.05) is 6.07 Å². The van der Waals surface area contributed by atoms with Crippen molar-refractivity contribution in [2.24, 2.45) is 0 Å². The van der Waals surface area contributed by atoms with Gasteiger partial charge in [0.15, 0.2) is 0 Å². The van der Waals surface area contributed by atoms with Crippen LogP contribution in [0.2, 0.25) is 0 Å². The number of aliphatic hydroxyl groups is 1. The van der Waals surface area contributed by atoms with Crippen LogP contribution in [0, 0.1) is 0 Å². The molecule has 0 aliphatic carbocycles. The van der Waals surface area contributed by atoms with Crippen LogP contribution >= 0.6 is 0 Å². The SMILES string of the molecule is CNCC(O)CN(C)CCc1ccccn1. The predicted molar refractivity (Wildman–Crippen MR) is 65.4 cm³/mol.